The first-order valence-corrected chi connectivity index (χ1v) is 7.81. The highest BCUT2D eigenvalue weighted by molar-refractivity contribution is 6.30. The van der Waals surface area contributed by atoms with E-state index in [1.165, 1.54) is 28.4 Å². The first-order valence-electron chi connectivity index (χ1n) is 7.43. The standard InChI is InChI=1S/C17H21ClN2/c1-4-12-9-20(10-12)16-6-5-13(11(2)3)14-7-17(18)19-8-15(14)16/h5-8,11-12H,4,9-10H2,1-3H3. The minimum absolute atomic E-state index is 0.491. The molecule has 20 heavy (non-hydrogen) atoms. The predicted octanol–water partition coefficient (Wildman–Crippen LogP) is 4.86. The largest absolute Gasteiger partial charge is 0.370 e. The predicted molar refractivity (Wildman–Crippen MR) is 86.8 cm³/mol. The lowest BCUT2D eigenvalue weighted by Gasteiger charge is -2.41. The summed E-state index contributed by atoms with van der Waals surface area (Å²) in [6.45, 7) is 9.03. The van der Waals surface area contributed by atoms with Gasteiger partial charge in [0.1, 0.15) is 5.15 Å². The molecule has 1 aromatic heterocycles. The molecule has 3 heteroatoms. The van der Waals surface area contributed by atoms with E-state index >= 15 is 0 Å². The van der Waals surface area contributed by atoms with Crippen molar-refractivity contribution in [1.82, 2.24) is 4.98 Å². The molecule has 2 heterocycles. The molecule has 3 rings (SSSR count). The Hall–Kier alpha value is -1.28. The second-order valence-electron chi connectivity index (χ2n) is 6.06. The molecule has 0 bridgehead atoms. The van der Waals surface area contributed by atoms with Crippen LogP contribution in [0.3, 0.4) is 0 Å². The molecule has 0 unspecified atom stereocenters. The van der Waals surface area contributed by atoms with Gasteiger partial charge in [0.05, 0.1) is 0 Å². The average molecular weight is 289 g/mol. The fourth-order valence-corrected chi connectivity index (χ4v) is 3.18. The third kappa shape index (κ3) is 2.26. The number of fused-ring (bicyclic) bond motifs is 1. The number of benzene rings is 1. The van der Waals surface area contributed by atoms with Crippen molar-refractivity contribution in [3.8, 4) is 0 Å². The lowest BCUT2D eigenvalue weighted by atomic mass is 9.92. The Morgan fingerprint density at radius 1 is 1.30 bits per heavy atom. The molecular formula is C17H21ClN2. The van der Waals surface area contributed by atoms with Crippen LogP contribution in [-0.2, 0) is 0 Å². The number of hydrogen-bond acceptors (Lipinski definition) is 2. The Morgan fingerprint density at radius 2 is 2.05 bits per heavy atom. The zero-order valence-electron chi connectivity index (χ0n) is 12.4. The second-order valence-corrected chi connectivity index (χ2v) is 6.45. The number of rotatable bonds is 3. The third-order valence-electron chi connectivity index (χ3n) is 4.38. The molecule has 1 fully saturated rings. The van der Waals surface area contributed by atoms with Crippen LogP contribution in [0.2, 0.25) is 5.15 Å². The van der Waals surface area contributed by atoms with E-state index in [-0.39, 0.29) is 0 Å². The molecule has 1 aliphatic rings. The summed E-state index contributed by atoms with van der Waals surface area (Å²) < 4.78 is 0. The monoisotopic (exact) mass is 288 g/mol. The van der Waals surface area contributed by atoms with E-state index in [2.05, 4.69) is 42.8 Å². The first-order chi connectivity index (χ1) is 9.60. The Kier molecular flexibility index (Phi) is 3.59. The van der Waals surface area contributed by atoms with Crippen LogP contribution in [0.4, 0.5) is 5.69 Å². The molecule has 1 aliphatic heterocycles. The van der Waals surface area contributed by atoms with E-state index in [0.717, 1.165) is 19.0 Å². The number of pyridine rings is 1. The van der Waals surface area contributed by atoms with Crippen LogP contribution in [0.5, 0.6) is 0 Å². The zero-order chi connectivity index (χ0) is 14.3. The van der Waals surface area contributed by atoms with E-state index in [1.54, 1.807) is 0 Å². The maximum absolute atomic E-state index is 6.10. The van der Waals surface area contributed by atoms with Crippen molar-refractivity contribution < 1.29 is 0 Å². The summed E-state index contributed by atoms with van der Waals surface area (Å²) in [5.74, 6) is 1.33. The second kappa shape index (κ2) is 5.25. The van der Waals surface area contributed by atoms with Crippen LogP contribution in [0.15, 0.2) is 24.4 Å². The first kappa shape index (κ1) is 13.7. The summed E-state index contributed by atoms with van der Waals surface area (Å²) in [6, 6.07) is 6.50. The topological polar surface area (TPSA) is 16.1 Å². The van der Waals surface area contributed by atoms with E-state index in [4.69, 9.17) is 11.6 Å². The Balaban J connectivity index is 2.09. The summed E-state index contributed by atoms with van der Waals surface area (Å²) in [5.41, 5.74) is 2.65. The molecule has 0 atom stereocenters. The fourth-order valence-electron chi connectivity index (χ4n) is 3.03. The van der Waals surface area contributed by atoms with Gasteiger partial charge in [0, 0.05) is 30.4 Å². The van der Waals surface area contributed by atoms with Gasteiger partial charge in [-0.3, -0.25) is 0 Å². The van der Waals surface area contributed by atoms with Gasteiger partial charge in [-0.2, -0.15) is 0 Å². The van der Waals surface area contributed by atoms with Gasteiger partial charge in [-0.1, -0.05) is 38.4 Å². The smallest absolute Gasteiger partial charge is 0.129 e. The number of nitrogens with zero attached hydrogens (tertiary/aromatic N) is 2. The molecule has 106 valence electrons. The lowest BCUT2D eigenvalue weighted by Crippen LogP contribution is -2.46. The number of anilines is 1. The Labute approximate surface area is 125 Å². The summed E-state index contributed by atoms with van der Waals surface area (Å²) in [4.78, 5) is 6.74. The summed E-state index contributed by atoms with van der Waals surface area (Å²) in [6.07, 6.45) is 3.20. The van der Waals surface area contributed by atoms with E-state index in [9.17, 15) is 0 Å². The van der Waals surface area contributed by atoms with Crippen molar-refractivity contribution in [3.63, 3.8) is 0 Å². The molecule has 1 aromatic carbocycles. The number of aromatic nitrogens is 1. The van der Waals surface area contributed by atoms with Crippen LogP contribution in [0.25, 0.3) is 10.8 Å². The number of hydrogen-bond donors (Lipinski definition) is 0. The fraction of sp³-hybridized carbons (Fsp3) is 0.471. The highest BCUT2D eigenvalue weighted by atomic mass is 35.5. The van der Waals surface area contributed by atoms with Gasteiger partial charge in [-0.25, -0.2) is 4.98 Å². The van der Waals surface area contributed by atoms with E-state index < -0.39 is 0 Å². The third-order valence-corrected chi connectivity index (χ3v) is 4.58. The SMILES string of the molecule is CCC1CN(c2ccc(C(C)C)c3cc(Cl)ncc23)C1. The zero-order valence-corrected chi connectivity index (χ0v) is 13.1. The minimum Gasteiger partial charge on any atom is -0.370 e. The maximum atomic E-state index is 6.10. The van der Waals surface area contributed by atoms with Gasteiger partial charge in [-0.05, 0) is 41.3 Å². The van der Waals surface area contributed by atoms with Crippen molar-refractivity contribution in [3.05, 3.63) is 35.1 Å². The molecule has 0 radical (unpaired) electrons. The molecule has 0 saturated carbocycles. The van der Waals surface area contributed by atoms with Gasteiger partial charge in [0.15, 0.2) is 0 Å². The maximum Gasteiger partial charge on any atom is 0.129 e. The molecule has 1 saturated heterocycles. The molecule has 0 aliphatic carbocycles. The highest BCUT2D eigenvalue weighted by Crippen LogP contribution is 2.36. The van der Waals surface area contributed by atoms with Crippen molar-refractivity contribution in [2.75, 3.05) is 18.0 Å². The van der Waals surface area contributed by atoms with Gasteiger partial charge < -0.3 is 4.90 Å². The van der Waals surface area contributed by atoms with Crippen LogP contribution < -0.4 is 4.90 Å². The quantitative estimate of drug-likeness (QED) is 0.750. The molecule has 0 N–H and O–H groups in total. The molecule has 0 amide bonds. The van der Waals surface area contributed by atoms with Gasteiger partial charge >= 0.3 is 0 Å². The average Bonchev–Trinajstić information content (AvgIpc) is 2.36. The van der Waals surface area contributed by atoms with Crippen LogP contribution in [0.1, 0.15) is 38.7 Å². The minimum atomic E-state index is 0.491. The Bertz CT molecular complexity index is 630. The van der Waals surface area contributed by atoms with Crippen molar-refractivity contribution in [1.29, 1.82) is 0 Å². The van der Waals surface area contributed by atoms with Gasteiger partial charge in [0.2, 0.25) is 0 Å². The van der Waals surface area contributed by atoms with Crippen LogP contribution >= 0.6 is 11.6 Å². The van der Waals surface area contributed by atoms with E-state index in [1.807, 2.05) is 12.3 Å². The summed E-state index contributed by atoms with van der Waals surface area (Å²) >= 11 is 6.10. The van der Waals surface area contributed by atoms with Crippen LogP contribution in [-0.4, -0.2) is 18.1 Å². The molecular weight excluding hydrogens is 268 g/mol. The number of halogens is 1. The highest BCUT2D eigenvalue weighted by Gasteiger charge is 2.26. The normalized spacial score (nSPS) is 15.9. The lowest BCUT2D eigenvalue weighted by molar-refractivity contribution is 0.399. The van der Waals surface area contributed by atoms with Crippen molar-refractivity contribution in [2.45, 2.75) is 33.1 Å². The van der Waals surface area contributed by atoms with E-state index in [0.29, 0.717) is 11.1 Å². The summed E-state index contributed by atoms with van der Waals surface area (Å²) in [7, 11) is 0. The van der Waals surface area contributed by atoms with Gasteiger partial charge in [0.25, 0.3) is 0 Å². The molecule has 2 nitrogen and oxygen atoms in total. The summed E-state index contributed by atoms with van der Waals surface area (Å²) in [5, 5.41) is 3.05. The van der Waals surface area contributed by atoms with Crippen molar-refractivity contribution in [2.24, 2.45) is 5.92 Å². The van der Waals surface area contributed by atoms with Crippen molar-refractivity contribution >= 4 is 28.1 Å². The Morgan fingerprint density at radius 3 is 2.70 bits per heavy atom. The molecule has 2 aromatic rings. The van der Waals surface area contributed by atoms with Gasteiger partial charge in [-0.15, -0.1) is 0 Å². The molecule has 0 spiro atoms. The van der Waals surface area contributed by atoms with Crippen LogP contribution in [0, 0.1) is 5.92 Å².